The molecule has 0 radical (unpaired) electrons. The van der Waals surface area contributed by atoms with E-state index in [-0.39, 0.29) is 5.56 Å². The van der Waals surface area contributed by atoms with Gasteiger partial charge in [0.2, 0.25) is 0 Å². The molecule has 0 fully saturated rings. The zero-order chi connectivity index (χ0) is 15.7. The lowest BCUT2D eigenvalue weighted by Crippen LogP contribution is -2.26. The van der Waals surface area contributed by atoms with Crippen molar-refractivity contribution in [2.24, 2.45) is 0 Å². The molecule has 5 heteroatoms. The van der Waals surface area contributed by atoms with Crippen molar-refractivity contribution in [3.8, 4) is 6.07 Å². The first-order valence-corrected chi connectivity index (χ1v) is 6.16. The van der Waals surface area contributed by atoms with Crippen LogP contribution in [0.2, 0.25) is 0 Å². The molecule has 0 spiro atoms. The zero-order valence-electron chi connectivity index (χ0n) is 11.1. The van der Waals surface area contributed by atoms with E-state index in [4.69, 9.17) is 5.26 Å². The molecule has 1 N–H and O–H groups in total. The molecule has 0 bridgehead atoms. The Morgan fingerprint density at radius 2 is 1.48 bits per heavy atom. The third-order valence-electron chi connectivity index (χ3n) is 3.33. The second kappa shape index (κ2) is 5.23. The van der Waals surface area contributed by atoms with E-state index in [1.807, 2.05) is 6.07 Å². The quantitative estimate of drug-likeness (QED) is 0.913. The van der Waals surface area contributed by atoms with Gasteiger partial charge in [0.05, 0.1) is 17.2 Å². The fourth-order valence-corrected chi connectivity index (χ4v) is 2.18. The van der Waals surface area contributed by atoms with Gasteiger partial charge in [0.1, 0.15) is 5.60 Å². The van der Waals surface area contributed by atoms with E-state index in [0.29, 0.717) is 11.1 Å². The van der Waals surface area contributed by atoms with Crippen LogP contribution in [0.1, 0.15) is 29.2 Å². The van der Waals surface area contributed by atoms with Gasteiger partial charge in [-0.15, -0.1) is 0 Å². The van der Waals surface area contributed by atoms with Gasteiger partial charge in [-0.3, -0.25) is 0 Å². The van der Waals surface area contributed by atoms with Crippen LogP contribution in [0.5, 0.6) is 0 Å². The van der Waals surface area contributed by atoms with Crippen LogP contribution in [0.25, 0.3) is 0 Å². The van der Waals surface area contributed by atoms with Crippen molar-refractivity contribution in [2.45, 2.75) is 18.7 Å². The summed E-state index contributed by atoms with van der Waals surface area (Å²) < 4.78 is 39.2. The SMILES string of the molecule is CC(O)(c1ccc(C#N)cc1)c1ccccc1C(F)(F)F. The van der Waals surface area contributed by atoms with Gasteiger partial charge in [-0.1, -0.05) is 30.3 Å². The normalized spacial score (nSPS) is 14.3. The third kappa shape index (κ3) is 2.91. The highest BCUT2D eigenvalue weighted by atomic mass is 19.4. The number of benzene rings is 2. The predicted molar refractivity (Wildman–Crippen MR) is 71.3 cm³/mol. The minimum Gasteiger partial charge on any atom is -0.381 e. The monoisotopic (exact) mass is 291 g/mol. The molecule has 0 aliphatic carbocycles. The topological polar surface area (TPSA) is 44.0 Å². The molecule has 1 atom stereocenters. The summed E-state index contributed by atoms with van der Waals surface area (Å²) in [6.07, 6.45) is -4.55. The van der Waals surface area contributed by atoms with Crippen LogP contribution in [0.15, 0.2) is 48.5 Å². The standard InChI is InChI=1S/C16H12F3NO/c1-15(21,12-8-6-11(10-20)7-9-12)13-4-2-3-5-14(13)16(17,18)19/h2-9,21H,1H3. The molecule has 108 valence electrons. The third-order valence-corrected chi connectivity index (χ3v) is 3.33. The van der Waals surface area contributed by atoms with Crippen LogP contribution in [-0.4, -0.2) is 5.11 Å². The Kier molecular flexibility index (Phi) is 3.75. The molecular weight excluding hydrogens is 279 g/mol. The van der Waals surface area contributed by atoms with Gasteiger partial charge in [0.25, 0.3) is 0 Å². The molecule has 0 aliphatic heterocycles. The Hall–Kier alpha value is -2.32. The van der Waals surface area contributed by atoms with Crippen LogP contribution < -0.4 is 0 Å². The molecule has 0 amide bonds. The summed E-state index contributed by atoms with van der Waals surface area (Å²) in [7, 11) is 0. The van der Waals surface area contributed by atoms with Crippen LogP contribution in [0, 0.1) is 11.3 Å². The number of nitrogens with zero attached hydrogens (tertiary/aromatic N) is 1. The Balaban J connectivity index is 2.56. The van der Waals surface area contributed by atoms with E-state index >= 15 is 0 Å². The number of hydrogen-bond acceptors (Lipinski definition) is 2. The maximum atomic E-state index is 13.1. The van der Waals surface area contributed by atoms with Crippen molar-refractivity contribution in [1.82, 2.24) is 0 Å². The Morgan fingerprint density at radius 1 is 0.952 bits per heavy atom. The molecule has 2 nitrogen and oxygen atoms in total. The first-order chi connectivity index (χ1) is 9.76. The number of rotatable bonds is 2. The fourth-order valence-electron chi connectivity index (χ4n) is 2.18. The van der Waals surface area contributed by atoms with E-state index in [0.717, 1.165) is 6.07 Å². The lowest BCUT2D eigenvalue weighted by atomic mass is 9.85. The average molecular weight is 291 g/mol. The molecule has 0 saturated carbocycles. The number of halogens is 3. The van der Waals surface area contributed by atoms with Gasteiger partial charge in [0.15, 0.2) is 0 Å². The van der Waals surface area contributed by atoms with E-state index in [2.05, 4.69) is 0 Å². The summed E-state index contributed by atoms with van der Waals surface area (Å²) in [6.45, 7) is 1.30. The first kappa shape index (κ1) is 15.1. The van der Waals surface area contributed by atoms with Crippen molar-refractivity contribution in [3.05, 3.63) is 70.8 Å². The summed E-state index contributed by atoms with van der Waals surface area (Å²) in [5, 5.41) is 19.3. The molecule has 0 saturated heterocycles. The molecule has 2 aromatic rings. The molecule has 0 aromatic heterocycles. The highest BCUT2D eigenvalue weighted by molar-refractivity contribution is 5.43. The lowest BCUT2D eigenvalue weighted by molar-refractivity contribution is -0.139. The number of alkyl halides is 3. The van der Waals surface area contributed by atoms with E-state index in [1.54, 1.807) is 0 Å². The van der Waals surface area contributed by atoms with Gasteiger partial charge >= 0.3 is 6.18 Å². The fraction of sp³-hybridized carbons (Fsp3) is 0.188. The Bertz CT molecular complexity index is 682. The molecule has 21 heavy (non-hydrogen) atoms. The lowest BCUT2D eigenvalue weighted by Gasteiger charge is -2.27. The summed E-state index contributed by atoms with van der Waals surface area (Å²) in [4.78, 5) is 0. The van der Waals surface area contributed by atoms with Crippen molar-refractivity contribution in [3.63, 3.8) is 0 Å². The molecule has 0 aliphatic rings. The Morgan fingerprint density at radius 3 is 1.95 bits per heavy atom. The predicted octanol–water partition coefficient (Wildman–Crippen LogP) is 3.83. The molecule has 1 unspecified atom stereocenters. The van der Waals surface area contributed by atoms with Gasteiger partial charge in [-0.05, 0) is 36.2 Å². The van der Waals surface area contributed by atoms with Crippen LogP contribution in [0.4, 0.5) is 13.2 Å². The van der Waals surface area contributed by atoms with Gasteiger partial charge in [-0.25, -0.2) is 0 Å². The van der Waals surface area contributed by atoms with E-state index < -0.39 is 17.3 Å². The molecule has 2 aromatic carbocycles. The molecular formula is C16H12F3NO. The number of hydrogen-bond donors (Lipinski definition) is 1. The van der Waals surface area contributed by atoms with Gasteiger partial charge in [0, 0.05) is 0 Å². The smallest absolute Gasteiger partial charge is 0.381 e. The van der Waals surface area contributed by atoms with Crippen LogP contribution in [-0.2, 0) is 11.8 Å². The summed E-state index contributed by atoms with van der Waals surface area (Å²) in [5.74, 6) is 0. The highest BCUT2D eigenvalue weighted by Gasteiger charge is 2.39. The second-order valence-corrected chi connectivity index (χ2v) is 4.80. The maximum absolute atomic E-state index is 13.1. The summed E-state index contributed by atoms with van der Waals surface area (Å²) >= 11 is 0. The van der Waals surface area contributed by atoms with Crippen molar-refractivity contribution < 1.29 is 18.3 Å². The highest BCUT2D eigenvalue weighted by Crippen LogP contribution is 2.39. The van der Waals surface area contributed by atoms with E-state index in [1.165, 1.54) is 49.4 Å². The number of aliphatic hydroxyl groups is 1. The summed E-state index contributed by atoms with van der Waals surface area (Å²) in [5.41, 5.74) is -2.24. The Labute approximate surface area is 120 Å². The zero-order valence-corrected chi connectivity index (χ0v) is 11.1. The second-order valence-electron chi connectivity index (χ2n) is 4.80. The summed E-state index contributed by atoms with van der Waals surface area (Å²) in [6, 6.07) is 12.7. The van der Waals surface area contributed by atoms with Crippen molar-refractivity contribution in [2.75, 3.05) is 0 Å². The minimum absolute atomic E-state index is 0.220. The first-order valence-electron chi connectivity index (χ1n) is 6.16. The van der Waals surface area contributed by atoms with Crippen LogP contribution >= 0.6 is 0 Å². The van der Waals surface area contributed by atoms with Crippen LogP contribution in [0.3, 0.4) is 0 Å². The van der Waals surface area contributed by atoms with Crippen molar-refractivity contribution in [1.29, 1.82) is 5.26 Å². The molecule has 0 heterocycles. The largest absolute Gasteiger partial charge is 0.416 e. The van der Waals surface area contributed by atoms with Crippen molar-refractivity contribution >= 4 is 0 Å². The molecule has 2 rings (SSSR count). The van der Waals surface area contributed by atoms with Gasteiger partial charge < -0.3 is 5.11 Å². The maximum Gasteiger partial charge on any atom is 0.416 e. The average Bonchev–Trinajstić information content (AvgIpc) is 2.46. The van der Waals surface area contributed by atoms with Gasteiger partial charge in [-0.2, -0.15) is 18.4 Å². The number of nitriles is 1. The minimum atomic E-state index is -4.55. The van der Waals surface area contributed by atoms with E-state index in [9.17, 15) is 18.3 Å².